The lowest BCUT2D eigenvalue weighted by Gasteiger charge is -2.18. The molecule has 1 rings (SSSR count). The first kappa shape index (κ1) is 14.1. The third-order valence-electron chi connectivity index (χ3n) is 2.54. The average Bonchev–Trinajstić information content (AvgIpc) is 2.28. The van der Waals surface area contributed by atoms with Gasteiger partial charge in [-0.15, -0.1) is 0 Å². The zero-order valence-electron chi connectivity index (χ0n) is 9.56. The zero-order valence-corrected chi connectivity index (χ0v) is 10.3. The van der Waals surface area contributed by atoms with Crippen LogP contribution >= 0.6 is 11.6 Å². The highest BCUT2D eigenvalue weighted by atomic mass is 35.5. The van der Waals surface area contributed by atoms with E-state index in [1.165, 1.54) is 19.1 Å². The highest BCUT2D eigenvalue weighted by Crippen LogP contribution is 2.24. The van der Waals surface area contributed by atoms with Crippen molar-refractivity contribution in [2.45, 2.75) is 25.6 Å². The number of carbonyl (C=O) groups is 1. The second-order valence-electron chi connectivity index (χ2n) is 3.89. The number of carbonyl (C=O) groups excluding carboxylic acids is 1. The van der Waals surface area contributed by atoms with Crippen molar-refractivity contribution in [3.8, 4) is 0 Å². The van der Waals surface area contributed by atoms with Gasteiger partial charge in [-0.25, -0.2) is 0 Å². The summed E-state index contributed by atoms with van der Waals surface area (Å²) in [5, 5.41) is 19.8. The Morgan fingerprint density at radius 2 is 2.12 bits per heavy atom. The van der Waals surface area contributed by atoms with Crippen molar-refractivity contribution in [1.29, 1.82) is 0 Å². The van der Waals surface area contributed by atoms with E-state index in [0.29, 0.717) is 22.6 Å². The lowest BCUT2D eigenvalue weighted by molar-refractivity contribution is 0.0150. The van der Waals surface area contributed by atoms with Gasteiger partial charge in [0.1, 0.15) is 6.10 Å². The molecule has 0 aliphatic heterocycles. The van der Waals surface area contributed by atoms with Gasteiger partial charge in [0.15, 0.2) is 5.78 Å². The predicted octanol–water partition coefficient (Wildman–Crippen LogP) is 1.29. The van der Waals surface area contributed by atoms with Crippen LogP contribution in [0.4, 0.5) is 0 Å². The summed E-state index contributed by atoms with van der Waals surface area (Å²) >= 11 is 5.85. The van der Waals surface area contributed by atoms with Crippen molar-refractivity contribution in [2.75, 3.05) is 6.54 Å². The highest BCUT2D eigenvalue weighted by Gasteiger charge is 2.19. The highest BCUT2D eigenvalue weighted by molar-refractivity contribution is 6.33. The van der Waals surface area contributed by atoms with E-state index in [1.807, 2.05) is 0 Å². The lowest BCUT2D eigenvalue weighted by atomic mass is 9.99. The summed E-state index contributed by atoms with van der Waals surface area (Å²) in [6, 6.07) is 4.61. The monoisotopic (exact) mass is 257 g/mol. The molecule has 0 aliphatic rings. The Bertz CT molecular complexity index is 409. The second kappa shape index (κ2) is 6.12. The van der Waals surface area contributed by atoms with Crippen molar-refractivity contribution < 1.29 is 15.0 Å². The van der Waals surface area contributed by atoms with Crippen LogP contribution in [-0.4, -0.2) is 28.6 Å². The van der Waals surface area contributed by atoms with Crippen molar-refractivity contribution >= 4 is 17.4 Å². The summed E-state index contributed by atoms with van der Waals surface area (Å²) < 4.78 is 0. The summed E-state index contributed by atoms with van der Waals surface area (Å²) in [6.07, 6.45) is -1.71. The predicted molar refractivity (Wildman–Crippen MR) is 66.1 cm³/mol. The summed E-state index contributed by atoms with van der Waals surface area (Å²) in [5.41, 5.74) is 6.10. The van der Waals surface area contributed by atoms with Crippen LogP contribution in [0.1, 0.15) is 35.4 Å². The molecule has 0 bridgehead atoms. The van der Waals surface area contributed by atoms with Gasteiger partial charge >= 0.3 is 0 Å². The maximum Gasteiger partial charge on any atom is 0.161 e. The Kier molecular flexibility index (Phi) is 5.08. The molecule has 4 N–H and O–H groups in total. The third kappa shape index (κ3) is 3.51. The Balaban J connectivity index is 2.99. The minimum Gasteiger partial charge on any atom is -0.390 e. The van der Waals surface area contributed by atoms with Gasteiger partial charge in [0.05, 0.1) is 11.1 Å². The molecule has 1 aromatic carbocycles. The molecule has 0 aromatic heterocycles. The van der Waals surface area contributed by atoms with Crippen LogP contribution in [0.5, 0.6) is 0 Å². The molecule has 0 aliphatic carbocycles. The molecule has 2 unspecified atom stereocenters. The van der Waals surface area contributed by atoms with Crippen molar-refractivity contribution in [2.24, 2.45) is 5.73 Å². The molecular formula is C12H16ClNO3. The SMILES string of the molecule is CC(=O)c1cc(C(O)C(O)CCN)ccc1Cl. The van der Waals surface area contributed by atoms with Gasteiger partial charge in [-0.2, -0.15) is 0 Å². The van der Waals surface area contributed by atoms with Crippen LogP contribution in [-0.2, 0) is 0 Å². The van der Waals surface area contributed by atoms with E-state index >= 15 is 0 Å². The van der Waals surface area contributed by atoms with Crippen LogP contribution < -0.4 is 5.73 Å². The fourth-order valence-electron chi connectivity index (χ4n) is 1.55. The molecule has 0 saturated heterocycles. The molecule has 94 valence electrons. The summed E-state index contributed by atoms with van der Waals surface area (Å²) in [4.78, 5) is 11.3. The minimum absolute atomic E-state index is 0.183. The van der Waals surface area contributed by atoms with Gasteiger partial charge in [-0.05, 0) is 37.6 Å². The molecule has 0 radical (unpaired) electrons. The molecule has 0 amide bonds. The van der Waals surface area contributed by atoms with Crippen LogP contribution in [0.15, 0.2) is 18.2 Å². The number of ketones is 1. The van der Waals surface area contributed by atoms with E-state index < -0.39 is 12.2 Å². The number of Topliss-reactive ketones (excluding diaryl/α,β-unsaturated/α-hetero) is 1. The smallest absolute Gasteiger partial charge is 0.161 e. The quantitative estimate of drug-likeness (QED) is 0.694. The number of hydrogen-bond acceptors (Lipinski definition) is 4. The van der Waals surface area contributed by atoms with E-state index in [0.717, 1.165) is 0 Å². The van der Waals surface area contributed by atoms with Gasteiger partial charge in [-0.1, -0.05) is 17.7 Å². The van der Waals surface area contributed by atoms with Crippen molar-refractivity contribution in [3.63, 3.8) is 0 Å². The molecule has 1 aromatic rings. The fraction of sp³-hybridized carbons (Fsp3) is 0.417. The molecule has 0 spiro atoms. The average molecular weight is 258 g/mol. The van der Waals surface area contributed by atoms with E-state index in [2.05, 4.69) is 0 Å². The van der Waals surface area contributed by atoms with Crippen LogP contribution in [0.3, 0.4) is 0 Å². The largest absolute Gasteiger partial charge is 0.390 e. The van der Waals surface area contributed by atoms with Crippen molar-refractivity contribution in [3.05, 3.63) is 34.3 Å². The molecular weight excluding hydrogens is 242 g/mol. The van der Waals surface area contributed by atoms with Crippen LogP contribution in [0.25, 0.3) is 0 Å². The number of halogens is 1. The summed E-state index contributed by atoms with van der Waals surface area (Å²) in [6.45, 7) is 1.68. The standard InChI is InChI=1S/C12H16ClNO3/c1-7(15)9-6-8(2-3-10(9)13)12(17)11(16)4-5-14/h2-3,6,11-12,16-17H,4-5,14H2,1H3. The van der Waals surface area contributed by atoms with E-state index in [-0.39, 0.29) is 12.3 Å². The molecule has 5 heteroatoms. The third-order valence-corrected chi connectivity index (χ3v) is 2.87. The maximum atomic E-state index is 11.3. The number of nitrogens with two attached hydrogens (primary N) is 1. The molecule has 0 saturated carbocycles. The summed E-state index contributed by atoms with van der Waals surface area (Å²) in [5.74, 6) is -0.183. The van der Waals surface area contributed by atoms with Gasteiger partial charge in [0, 0.05) is 5.56 Å². The number of hydrogen-bond donors (Lipinski definition) is 3. The van der Waals surface area contributed by atoms with Gasteiger partial charge in [-0.3, -0.25) is 4.79 Å². The topological polar surface area (TPSA) is 83.5 Å². The number of aliphatic hydroxyl groups excluding tert-OH is 2. The number of benzene rings is 1. The minimum atomic E-state index is -1.06. The molecule has 0 fully saturated rings. The van der Waals surface area contributed by atoms with E-state index in [9.17, 15) is 15.0 Å². The van der Waals surface area contributed by atoms with Gasteiger partial charge in [0.2, 0.25) is 0 Å². The molecule has 4 nitrogen and oxygen atoms in total. The number of aliphatic hydroxyl groups is 2. The lowest BCUT2D eigenvalue weighted by Crippen LogP contribution is -2.22. The van der Waals surface area contributed by atoms with Gasteiger partial charge < -0.3 is 15.9 Å². The first-order valence-corrected chi connectivity index (χ1v) is 5.71. The van der Waals surface area contributed by atoms with Crippen molar-refractivity contribution in [1.82, 2.24) is 0 Å². The summed E-state index contributed by atoms with van der Waals surface area (Å²) in [7, 11) is 0. The fourth-order valence-corrected chi connectivity index (χ4v) is 1.80. The molecule has 2 atom stereocenters. The Hall–Kier alpha value is -0.940. The van der Waals surface area contributed by atoms with E-state index in [1.54, 1.807) is 6.07 Å². The molecule has 0 heterocycles. The Morgan fingerprint density at radius 3 is 2.65 bits per heavy atom. The first-order valence-electron chi connectivity index (χ1n) is 5.34. The first-order chi connectivity index (χ1) is 7.97. The number of rotatable bonds is 5. The zero-order chi connectivity index (χ0) is 13.0. The maximum absolute atomic E-state index is 11.3. The second-order valence-corrected chi connectivity index (χ2v) is 4.29. The van der Waals surface area contributed by atoms with Crippen LogP contribution in [0, 0.1) is 0 Å². The van der Waals surface area contributed by atoms with E-state index in [4.69, 9.17) is 17.3 Å². The van der Waals surface area contributed by atoms with Crippen LogP contribution in [0.2, 0.25) is 5.02 Å². The Morgan fingerprint density at radius 1 is 1.47 bits per heavy atom. The Labute approximate surface area is 105 Å². The van der Waals surface area contributed by atoms with Gasteiger partial charge in [0.25, 0.3) is 0 Å². The normalized spacial score (nSPS) is 14.4. The molecule has 17 heavy (non-hydrogen) atoms.